The van der Waals surface area contributed by atoms with E-state index in [4.69, 9.17) is 4.74 Å². The first-order chi connectivity index (χ1) is 14.1. The molecule has 3 nitrogen and oxygen atoms in total. The Morgan fingerprint density at radius 1 is 0.966 bits per heavy atom. The van der Waals surface area contributed by atoms with E-state index in [1.165, 1.54) is 16.9 Å². The van der Waals surface area contributed by atoms with Gasteiger partial charge in [0.25, 0.3) is 5.19 Å². The molecule has 0 atom stereocenters. The van der Waals surface area contributed by atoms with E-state index in [1.54, 1.807) is 30.3 Å². The third-order valence-electron chi connectivity index (χ3n) is 4.65. The fourth-order valence-corrected chi connectivity index (χ4v) is 3.78. The minimum absolute atomic E-state index is 0.0375. The molecule has 0 bridgehead atoms. The maximum atomic E-state index is 12.4. The number of nitrogens with zero attached hydrogens (tertiary/aromatic N) is 1. The molecule has 4 heteroatoms. The van der Waals surface area contributed by atoms with E-state index in [9.17, 15) is 4.79 Å². The third kappa shape index (κ3) is 4.61. The van der Waals surface area contributed by atoms with Gasteiger partial charge >= 0.3 is 0 Å². The van der Waals surface area contributed by atoms with Gasteiger partial charge in [-0.05, 0) is 59.5 Å². The summed E-state index contributed by atoms with van der Waals surface area (Å²) in [5.41, 5.74) is 3.85. The van der Waals surface area contributed by atoms with Crippen LogP contribution >= 0.6 is 11.3 Å². The Bertz CT molecular complexity index is 1120. The summed E-state index contributed by atoms with van der Waals surface area (Å²) in [6.45, 7) is 4.33. The molecule has 3 aromatic carbocycles. The first kappa shape index (κ1) is 19.1. The zero-order valence-electron chi connectivity index (χ0n) is 16.3. The largest absolute Gasteiger partial charge is 0.431 e. The zero-order chi connectivity index (χ0) is 20.2. The van der Waals surface area contributed by atoms with Crippen LogP contribution in [-0.2, 0) is 0 Å². The highest BCUT2D eigenvalue weighted by atomic mass is 32.1. The SMILES string of the molecule is CC(C)c1ccc(/C=C/C(=O)c2ccc(Oc3nc4ccccc4s3)cc2)cc1. The van der Waals surface area contributed by atoms with E-state index in [-0.39, 0.29) is 5.78 Å². The minimum Gasteiger partial charge on any atom is -0.431 e. The molecule has 0 unspecified atom stereocenters. The first-order valence-electron chi connectivity index (χ1n) is 9.54. The number of ether oxygens (including phenoxy) is 1. The highest BCUT2D eigenvalue weighted by Gasteiger charge is 2.07. The third-order valence-corrected chi connectivity index (χ3v) is 5.56. The predicted octanol–water partition coefficient (Wildman–Crippen LogP) is 7.11. The number of para-hydroxylation sites is 1. The molecular weight excluding hydrogens is 378 g/mol. The number of hydrogen-bond donors (Lipinski definition) is 0. The Hall–Kier alpha value is -3.24. The van der Waals surface area contributed by atoms with Crippen molar-refractivity contribution >= 4 is 33.4 Å². The number of ketones is 1. The fourth-order valence-electron chi connectivity index (χ4n) is 2.94. The van der Waals surface area contributed by atoms with Crippen molar-refractivity contribution in [3.63, 3.8) is 0 Å². The van der Waals surface area contributed by atoms with Crippen LogP contribution in [0.1, 0.15) is 41.3 Å². The van der Waals surface area contributed by atoms with Crippen LogP contribution < -0.4 is 4.74 Å². The summed E-state index contributed by atoms with van der Waals surface area (Å²) in [6.07, 6.45) is 3.45. The molecule has 0 fully saturated rings. The van der Waals surface area contributed by atoms with Gasteiger partial charge in [0.1, 0.15) is 5.75 Å². The lowest BCUT2D eigenvalue weighted by atomic mass is 10.0. The quantitative estimate of drug-likeness (QED) is 0.256. The van der Waals surface area contributed by atoms with Gasteiger partial charge in [-0.1, -0.05) is 67.7 Å². The van der Waals surface area contributed by atoms with Crippen LogP contribution in [0.3, 0.4) is 0 Å². The molecule has 0 spiro atoms. The molecule has 0 aliphatic rings. The van der Waals surface area contributed by atoms with Crippen LogP contribution in [0.25, 0.3) is 16.3 Å². The molecule has 29 heavy (non-hydrogen) atoms. The molecule has 4 aromatic rings. The van der Waals surface area contributed by atoms with E-state index in [2.05, 4.69) is 31.0 Å². The molecule has 1 heterocycles. The molecule has 4 rings (SSSR count). The lowest BCUT2D eigenvalue weighted by Gasteiger charge is -2.04. The van der Waals surface area contributed by atoms with Gasteiger partial charge in [0.05, 0.1) is 10.2 Å². The van der Waals surface area contributed by atoms with Crippen molar-refractivity contribution in [2.45, 2.75) is 19.8 Å². The predicted molar refractivity (Wildman–Crippen MR) is 120 cm³/mol. The second-order valence-electron chi connectivity index (χ2n) is 7.09. The van der Waals surface area contributed by atoms with E-state index < -0.39 is 0 Å². The average molecular weight is 400 g/mol. The lowest BCUT2D eigenvalue weighted by Crippen LogP contribution is -1.94. The van der Waals surface area contributed by atoms with Crippen LogP contribution in [0.15, 0.2) is 78.9 Å². The van der Waals surface area contributed by atoms with Gasteiger partial charge in [-0.3, -0.25) is 4.79 Å². The van der Waals surface area contributed by atoms with Crippen LogP contribution in [-0.4, -0.2) is 10.8 Å². The van der Waals surface area contributed by atoms with Gasteiger partial charge in [-0.25, -0.2) is 4.98 Å². The second-order valence-corrected chi connectivity index (χ2v) is 8.09. The van der Waals surface area contributed by atoms with Gasteiger partial charge in [0, 0.05) is 5.56 Å². The summed E-state index contributed by atoms with van der Waals surface area (Å²) >= 11 is 1.50. The highest BCUT2D eigenvalue weighted by molar-refractivity contribution is 7.20. The smallest absolute Gasteiger partial charge is 0.279 e. The van der Waals surface area contributed by atoms with E-state index in [0.717, 1.165) is 15.8 Å². The van der Waals surface area contributed by atoms with Crippen molar-refractivity contribution in [1.82, 2.24) is 4.98 Å². The molecule has 0 aliphatic carbocycles. The van der Waals surface area contributed by atoms with Crippen LogP contribution in [0.5, 0.6) is 10.9 Å². The van der Waals surface area contributed by atoms with Gasteiger partial charge in [-0.15, -0.1) is 0 Å². The van der Waals surface area contributed by atoms with Crippen LogP contribution in [0.4, 0.5) is 0 Å². The van der Waals surface area contributed by atoms with Crippen molar-refractivity contribution in [3.05, 3.63) is 95.6 Å². The van der Waals surface area contributed by atoms with Crippen molar-refractivity contribution in [2.24, 2.45) is 0 Å². The second kappa shape index (κ2) is 8.41. The number of allylic oxidation sites excluding steroid dienone is 1. The molecule has 0 radical (unpaired) electrons. The van der Waals surface area contributed by atoms with Crippen LogP contribution in [0, 0.1) is 0 Å². The number of hydrogen-bond acceptors (Lipinski definition) is 4. The fraction of sp³-hybridized carbons (Fsp3) is 0.120. The maximum Gasteiger partial charge on any atom is 0.279 e. The molecular formula is C25H21NO2S. The first-order valence-corrected chi connectivity index (χ1v) is 10.4. The Morgan fingerprint density at radius 2 is 1.69 bits per heavy atom. The van der Waals surface area contributed by atoms with Gasteiger partial charge in [0.2, 0.25) is 0 Å². The lowest BCUT2D eigenvalue weighted by molar-refractivity contribution is 0.104. The van der Waals surface area contributed by atoms with E-state index >= 15 is 0 Å². The maximum absolute atomic E-state index is 12.4. The summed E-state index contributed by atoms with van der Waals surface area (Å²) in [4.78, 5) is 16.9. The van der Waals surface area contributed by atoms with Gasteiger partial charge in [0.15, 0.2) is 5.78 Å². The molecule has 144 valence electrons. The Morgan fingerprint density at radius 3 is 2.38 bits per heavy atom. The van der Waals surface area contributed by atoms with Crippen LogP contribution in [0.2, 0.25) is 0 Å². The number of thiazole rings is 1. The number of aromatic nitrogens is 1. The zero-order valence-corrected chi connectivity index (χ0v) is 17.1. The molecule has 0 aliphatic heterocycles. The Balaban J connectivity index is 1.42. The normalized spacial score (nSPS) is 11.4. The van der Waals surface area contributed by atoms with Crippen molar-refractivity contribution in [2.75, 3.05) is 0 Å². The van der Waals surface area contributed by atoms with Crippen molar-refractivity contribution in [3.8, 4) is 10.9 Å². The summed E-state index contributed by atoms with van der Waals surface area (Å²) in [5.74, 6) is 1.12. The number of rotatable bonds is 6. The standard InChI is InChI=1S/C25H21NO2S/c1-17(2)19-10-7-18(8-11-19)9-16-23(27)20-12-14-21(15-13-20)28-25-26-22-5-3-4-6-24(22)29-25/h3-17H,1-2H3/b16-9+. The van der Waals surface area contributed by atoms with Gasteiger partial charge in [-0.2, -0.15) is 0 Å². The molecule has 1 aromatic heterocycles. The van der Waals surface area contributed by atoms with E-state index in [1.807, 2.05) is 42.5 Å². The van der Waals surface area contributed by atoms with Gasteiger partial charge < -0.3 is 4.74 Å². The molecule has 0 saturated heterocycles. The summed E-state index contributed by atoms with van der Waals surface area (Å²) < 4.78 is 6.92. The van der Waals surface area contributed by atoms with Crippen molar-refractivity contribution in [1.29, 1.82) is 0 Å². The average Bonchev–Trinajstić information content (AvgIpc) is 3.15. The minimum atomic E-state index is -0.0375. The van der Waals surface area contributed by atoms with Crippen molar-refractivity contribution < 1.29 is 9.53 Å². The number of carbonyl (C=O) groups excluding carboxylic acids is 1. The summed E-state index contributed by atoms with van der Waals surface area (Å²) in [7, 11) is 0. The van der Waals surface area contributed by atoms with E-state index in [0.29, 0.717) is 22.4 Å². The molecule has 0 saturated carbocycles. The number of benzene rings is 3. The topological polar surface area (TPSA) is 39.2 Å². The summed E-state index contributed by atoms with van der Waals surface area (Å²) in [6, 6.07) is 23.3. The molecule has 0 amide bonds. The molecule has 0 N–H and O–H groups in total. The Labute approximate surface area is 174 Å². The monoisotopic (exact) mass is 399 g/mol. The Kier molecular flexibility index (Phi) is 5.54. The number of carbonyl (C=O) groups is 1. The highest BCUT2D eigenvalue weighted by Crippen LogP contribution is 2.31. The summed E-state index contributed by atoms with van der Waals surface area (Å²) in [5, 5.41) is 0.593. The number of fused-ring (bicyclic) bond motifs is 1.